The highest BCUT2D eigenvalue weighted by Crippen LogP contribution is 2.33. The number of rotatable bonds is 4. The number of aryl methyl sites for hydroxylation is 3. The molecule has 30 heavy (non-hydrogen) atoms. The largest absolute Gasteiger partial charge is 0.481 e. The lowest BCUT2D eigenvalue weighted by Gasteiger charge is -2.13. The molecule has 0 aliphatic rings. The Morgan fingerprint density at radius 2 is 1.60 bits per heavy atom. The maximum Gasteiger partial charge on any atom is 0.235 e. The molecule has 5 heteroatoms. The minimum Gasteiger partial charge on any atom is -0.481 e. The Kier molecular flexibility index (Phi) is 5.59. The van der Waals surface area contributed by atoms with Gasteiger partial charge in [0.2, 0.25) is 11.2 Å². The normalized spacial score (nSPS) is 11.1. The van der Waals surface area contributed by atoms with Crippen LogP contribution in [-0.4, -0.2) is 0 Å². The van der Waals surface area contributed by atoms with Gasteiger partial charge in [0.05, 0.1) is 5.39 Å². The fourth-order valence-electron chi connectivity index (χ4n) is 3.25. The van der Waals surface area contributed by atoms with Crippen LogP contribution in [0.5, 0.6) is 5.75 Å². The third-order valence-corrected chi connectivity index (χ3v) is 5.75. The van der Waals surface area contributed by atoms with E-state index in [0.29, 0.717) is 26.8 Å². The van der Waals surface area contributed by atoms with Crippen LogP contribution in [0.1, 0.15) is 22.3 Å². The zero-order valence-electron chi connectivity index (χ0n) is 16.9. The third kappa shape index (κ3) is 3.96. The summed E-state index contributed by atoms with van der Waals surface area (Å²) >= 11 is 12.3. The highest BCUT2D eigenvalue weighted by atomic mass is 35.5. The van der Waals surface area contributed by atoms with Crippen LogP contribution in [0.4, 0.5) is 0 Å². The zero-order valence-corrected chi connectivity index (χ0v) is 18.4. The SMILES string of the molecule is Cc1ccc(-c2oc3cc(C)c(C)cc3c(=O)c2OCc2ccc(Cl)cc2Cl)cc1. The van der Waals surface area contributed by atoms with Gasteiger partial charge in [-0.15, -0.1) is 0 Å². The van der Waals surface area contributed by atoms with Crippen LogP contribution in [0.25, 0.3) is 22.3 Å². The molecule has 0 amide bonds. The van der Waals surface area contributed by atoms with E-state index < -0.39 is 0 Å². The summed E-state index contributed by atoms with van der Waals surface area (Å²) in [6.07, 6.45) is 0. The smallest absolute Gasteiger partial charge is 0.235 e. The molecule has 0 aliphatic carbocycles. The lowest BCUT2D eigenvalue weighted by atomic mass is 10.0. The van der Waals surface area contributed by atoms with Crippen molar-refractivity contribution in [2.24, 2.45) is 0 Å². The first-order chi connectivity index (χ1) is 14.3. The summed E-state index contributed by atoms with van der Waals surface area (Å²) in [6, 6.07) is 16.7. The molecule has 0 bridgehead atoms. The number of ether oxygens (including phenoxy) is 1. The highest BCUT2D eigenvalue weighted by molar-refractivity contribution is 6.35. The van der Waals surface area contributed by atoms with E-state index in [4.69, 9.17) is 32.4 Å². The number of hydrogen-bond acceptors (Lipinski definition) is 3. The summed E-state index contributed by atoms with van der Waals surface area (Å²) in [7, 11) is 0. The fraction of sp³-hybridized carbons (Fsp3) is 0.160. The predicted molar refractivity (Wildman–Crippen MR) is 123 cm³/mol. The summed E-state index contributed by atoms with van der Waals surface area (Å²) in [5.41, 5.74) is 5.02. The average molecular weight is 439 g/mol. The van der Waals surface area contributed by atoms with Gasteiger partial charge in [0.1, 0.15) is 12.2 Å². The van der Waals surface area contributed by atoms with Crippen molar-refractivity contribution in [3.05, 3.63) is 97.1 Å². The van der Waals surface area contributed by atoms with Gasteiger partial charge >= 0.3 is 0 Å². The van der Waals surface area contributed by atoms with E-state index in [9.17, 15) is 4.79 Å². The Morgan fingerprint density at radius 3 is 2.30 bits per heavy atom. The van der Waals surface area contributed by atoms with Crippen molar-refractivity contribution in [3.63, 3.8) is 0 Å². The van der Waals surface area contributed by atoms with Crippen LogP contribution < -0.4 is 10.2 Å². The summed E-state index contributed by atoms with van der Waals surface area (Å²) in [4.78, 5) is 13.4. The molecule has 0 atom stereocenters. The second kappa shape index (κ2) is 8.17. The molecule has 0 N–H and O–H groups in total. The molecule has 0 unspecified atom stereocenters. The highest BCUT2D eigenvalue weighted by Gasteiger charge is 2.19. The summed E-state index contributed by atoms with van der Waals surface area (Å²) < 4.78 is 12.2. The van der Waals surface area contributed by atoms with Crippen molar-refractivity contribution in [2.75, 3.05) is 0 Å². The molecule has 1 aromatic heterocycles. The van der Waals surface area contributed by atoms with Crippen LogP contribution in [0.2, 0.25) is 10.0 Å². The molecule has 4 rings (SSSR count). The number of benzene rings is 3. The molecule has 0 fully saturated rings. The first-order valence-electron chi connectivity index (χ1n) is 9.55. The third-order valence-electron chi connectivity index (χ3n) is 5.17. The minimum atomic E-state index is -0.208. The van der Waals surface area contributed by atoms with E-state index in [2.05, 4.69) is 0 Å². The van der Waals surface area contributed by atoms with Gasteiger partial charge < -0.3 is 9.15 Å². The van der Waals surface area contributed by atoms with E-state index in [1.807, 2.05) is 57.2 Å². The number of halogens is 2. The second-order valence-corrected chi connectivity index (χ2v) is 8.26. The Balaban J connectivity index is 1.87. The molecule has 4 aromatic rings. The second-order valence-electron chi connectivity index (χ2n) is 7.41. The lowest BCUT2D eigenvalue weighted by molar-refractivity contribution is 0.298. The molecule has 0 saturated carbocycles. The maximum absolute atomic E-state index is 13.4. The van der Waals surface area contributed by atoms with Crippen molar-refractivity contribution in [1.82, 2.24) is 0 Å². The Hall–Kier alpha value is -2.75. The van der Waals surface area contributed by atoms with Crippen molar-refractivity contribution < 1.29 is 9.15 Å². The Labute approximate surface area is 184 Å². The van der Waals surface area contributed by atoms with E-state index in [1.165, 1.54) is 0 Å². The van der Waals surface area contributed by atoms with Crippen molar-refractivity contribution in [2.45, 2.75) is 27.4 Å². The topological polar surface area (TPSA) is 39.4 Å². The average Bonchev–Trinajstić information content (AvgIpc) is 2.70. The van der Waals surface area contributed by atoms with Gasteiger partial charge in [-0.3, -0.25) is 4.79 Å². The molecule has 0 spiro atoms. The summed E-state index contributed by atoms with van der Waals surface area (Å²) in [5, 5.41) is 1.52. The van der Waals surface area contributed by atoms with E-state index in [0.717, 1.165) is 27.8 Å². The molecule has 0 saturated heterocycles. The molecule has 0 radical (unpaired) electrons. The van der Waals surface area contributed by atoms with Gasteiger partial charge in [-0.1, -0.05) is 59.1 Å². The monoisotopic (exact) mass is 438 g/mol. The van der Waals surface area contributed by atoms with E-state index in [-0.39, 0.29) is 17.8 Å². The quantitative estimate of drug-likeness (QED) is 0.336. The molecule has 1 heterocycles. The standard InChI is InChI=1S/C25H20Cl2O3/c1-14-4-6-17(7-5-14)24-25(29-13-18-8-9-19(26)12-21(18)27)23(28)20-10-15(2)16(3)11-22(20)30-24/h4-12H,13H2,1-3H3. The van der Waals surface area contributed by atoms with Crippen LogP contribution in [0, 0.1) is 20.8 Å². The number of hydrogen-bond donors (Lipinski definition) is 0. The number of fused-ring (bicyclic) bond motifs is 1. The van der Waals surface area contributed by atoms with Gasteiger partial charge in [-0.2, -0.15) is 0 Å². The molecular formula is C25H20Cl2O3. The summed E-state index contributed by atoms with van der Waals surface area (Å²) in [6.45, 7) is 6.09. The van der Waals surface area contributed by atoms with E-state index >= 15 is 0 Å². The van der Waals surface area contributed by atoms with Crippen LogP contribution in [0.15, 0.2) is 63.8 Å². The van der Waals surface area contributed by atoms with Gasteiger partial charge in [-0.05, 0) is 56.2 Å². The Morgan fingerprint density at radius 1 is 0.900 bits per heavy atom. The zero-order chi connectivity index (χ0) is 21.4. The van der Waals surface area contributed by atoms with Crippen LogP contribution >= 0.6 is 23.2 Å². The van der Waals surface area contributed by atoms with Crippen LogP contribution in [-0.2, 0) is 6.61 Å². The molecule has 3 aromatic carbocycles. The van der Waals surface area contributed by atoms with Crippen molar-refractivity contribution in [1.29, 1.82) is 0 Å². The van der Waals surface area contributed by atoms with Gasteiger partial charge in [0.25, 0.3) is 0 Å². The fourth-order valence-corrected chi connectivity index (χ4v) is 3.71. The molecular weight excluding hydrogens is 419 g/mol. The van der Waals surface area contributed by atoms with Gasteiger partial charge in [-0.25, -0.2) is 0 Å². The molecule has 3 nitrogen and oxygen atoms in total. The Bertz CT molecular complexity index is 1310. The van der Waals surface area contributed by atoms with Gasteiger partial charge in [0.15, 0.2) is 5.76 Å². The first kappa shape index (κ1) is 20.5. The molecule has 0 aliphatic heterocycles. The van der Waals surface area contributed by atoms with Crippen molar-refractivity contribution >= 4 is 34.2 Å². The summed E-state index contributed by atoms with van der Waals surface area (Å²) in [5.74, 6) is 0.571. The predicted octanol–water partition coefficient (Wildman–Crippen LogP) is 7.27. The molecule has 152 valence electrons. The van der Waals surface area contributed by atoms with Gasteiger partial charge in [0, 0.05) is 21.2 Å². The van der Waals surface area contributed by atoms with Crippen molar-refractivity contribution in [3.8, 4) is 17.1 Å². The minimum absolute atomic E-state index is 0.121. The van der Waals surface area contributed by atoms with E-state index in [1.54, 1.807) is 18.2 Å². The van der Waals surface area contributed by atoms with Crippen LogP contribution in [0.3, 0.4) is 0 Å². The lowest BCUT2D eigenvalue weighted by Crippen LogP contribution is -2.11. The first-order valence-corrected chi connectivity index (χ1v) is 10.3. The maximum atomic E-state index is 13.4.